The lowest BCUT2D eigenvalue weighted by molar-refractivity contribution is 0.0232. The lowest BCUT2D eigenvalue weighted by Gasteiger charge is -2.39. The summed E-state index contributed by atoms with van der Waals surface area (Å²) in [5, 5.41) is 0. The molecule has 3 nitrogen and oxygen atoms in total. The third-order valence-corrected chi connectivity index (χ3v) is 3.78. The van der Waals surface area contributed by atoms with Gasteiger partial charge in [0.1, 0.15) is 6.10 Å². The maximum atomic E-state index is 11.9. The largest absolute Gasteiger partial charge is 0.446 e. The quantitative estimate of drug-likeness (QED) is 0.738. The summed E-state index contributed by atoms with van der Waals surface area (Å²) in [5.41, 5.74) is -0.187. The molecule has 1 atom stereocenters. The van der Waals surface area contributed by atoms with Crippen molar-refractivity contribution in [2.75, 3.05) is 7.05 Å². The summed E-state index contributed by atoms with van der Waals surface area (Å²) in [6.07, 6.45) is -0.280. The first kappa shape index (κ1) is 15.3. The van der Waals surface area contributed by atoms with Gasteiger partial charge in [0.25, 0.3) is 0 Å². The molecule has 0 radical (unpaired) electrons. The minimum atomic E-state index is -0.236. The average Bonchev–Trinajstić information content (AvgIpc) is 2.15. The summed E-state index contributed by atoms with van der Waals surface area (Å²) < 4.78 is 5.40. The lowest BCUT2D eigenvalue weighted by Crippen LogP contribution is -2.49. The zero-order valence-corrected chi connectivity index (χ0v) is 12.0. The molecule has 0 aromatic rings. The molecule has 0 saturated heterocycles. The van der Waals surface area contributed by atoms with Gasteiger partial charge in [-0.3, -0.25) is 0 Å². The second-order valence-electron chi connectivity index (χ2n) is 5.70. The molecule has 0 aliphatic rings. The number of ether oxygens (including phenoxy) is 1. The van der Waals surface area contributed by atoms with Gasteiger partial charge in [0.05, 0.1) is 0 Å². The van der Waals surface area contributed by atoms with Gasteiger partial charge in [0, 0.05) is 12.6 Å². The zero-order chi connectivity index (χ0) is 13.1. The molecule has 1 amide bonds. The van der Waals surface area contributed by atoms with Crippen LogP contribution in [0.15, 0.2) is 0 Å². The van der Waals surface area contributed by atoms with Gasteiger partial charge < -0.3 is 9.64 Å². The third kappa shape index (κ3) is 3.69. The van der Waals surface area contributed by atoms with Crippen LogP contribution in [0.4, 0.5) is 4.79 Å². The van der Waals surface area contributed by atoms with E-state index in [0.717, 1.165) is 0 Å². The molecule has 16 heavy (non-hydrogen) atoms. The van der Waals surface area contributed by atoms with E-state index in [1.807, 2.05) is 20.8 Å². The predicted molar refractivity (Wildman–Crippen MR) is 67.5 cm³/mol. The fraction of sp³-hybridized carbons (Fsp3) is 0.923. The van der Waals surface area contributed by atoms with E-state index < -0.39 is 0 Å². The predicted octanol–water partition coefficient (Wildman–Crippen LogP) is 3.53. The standard InChI is InChI=1S/C13H27NO2/c1-9(2)11(5)16-12(15)14(8)13(6,7)10(3)4/h9-11H,1-8H3. The SMILES string of the molecule is CC(C)C(C)OC(=O)N(C)C(C)(C)C(C)C. The van der Waals surface area contributed by atoms with Gasteiger partial charge in [0.2, 0.25) is 0 Å². The van der Waals surface area contributed by atoms with Gasteiger partial charge in [-0.05, 0) is 32.6 Å². The Morgan fingerprint density at radius 3 is 1.88 bits per heavy atom. The summed E-state index contributed by atoms with van der Waals surface area (Å²) in [6, 6.07) is 0. The maximum Gasteiger partial charge on any atom is 0.410 e. The van der Waals surface area contributed by atoms with Crippen molar-refractivity contribution in [3.63, 3.8) is 0 Å². The van der Waals surface area contributed by atoms with Gasteiger partial charge in [0.15, 0.2) is 0 Å². The minimum absolute atomic E-state index is 0.0436. The van der Waals surface area contributed by atoms with Crippen LogP contribution < -0.4 is 0 Å². The summed E-state index contributed by atoms with van der Waals surface area (Å²) in [6.45, 7) is 14.3. The van der Waals surface area contributed by atoms with E-state index in [1.165, 1.54) is 0 Å². The van der Waals surface area contributed by atoms with E-state index in [1.54, 1.807) is 11.9 Å². The molecule has 0 heterocycles. The fourth-order valence-corrected chi connectivity index (χ4v) is 0.997. The number of amides is 1. The van der Waals surface area contributed by atoms with Crippen LogP contribution in [0.3, 0.4) is 0 Å². The van der Waals surface area contributed by atoms with Crippen LogP contribution in [-0.2, 0) is 4.74 Å². The highest BCUT2D eigenvalue weighted by molar-refractivity contribution is 5.68. The molecule has 0 spiro atoms. The molecule has 0 saturated carbocycles. The highest BCUT2D eigenvalue weighted by atomic mass is 16.6. The van der Waals surface area contributed by atoms with Crippen molar-refractivity contribution < 1.29 is 9.53 Å². The maximum absolute atomic E-state index is 11.9. The van der Waals surface area contributed by atoms with Crippen LogP contribution in [-0.4, -0.2) is 29.7 Å². The fourth-order valence-electron chi connectivity index (χ4n) is 0.997. The number of carbonyl (C=O) groups is 1. The van der Waals surface area contributed by atoms with Crippen molar-refractivity contribution >= 4 is 6.09 Å². The van der Waals surface area contributed by atoms with E-state index in [-0.39, 0.29) is 17.7 Å². The zero-order valence-electron chi connectivity index (χ0n) is 12.0. The molecule has 0 aliphatic carbocycles. The molecule has 3 heteroatoms. The van der Waals surface area contributed by atoms with Crippen LogP contribution in [0, 0.1) is 11.8 Å². The molecule has 0 N–H and O–H groups in total. The first-order chi connectivity index (χ1) is 7.10. The Morgan fingerprint density at radius 1 is 1.12 bits per heavy atom. The Balaban J connectivity index is 4.51. The second kappa shape index (κ2) is 5.55. The Kier molecular flexibility index (Phi) is 5.30. The van der Waals surface area contributed by atoms with Crippen LogP contribution in [0.25, 0.3) is 0 Å². The molecular formula is C13H27NO2. The topological polar surface area (TPSA) is 29.5 Å². The van der Waals surface area contributed by atoms with Crippen molar-refractivity contribution in [1.29, 1.82) is 0 Å². The van der Waals surface area contributed by atoms with Gasteiger partial charge in [-0.1, -0.05) is 27.7 Å². The van der Waals surface area contributed by atoms with Crippen molar-refractivity contribution in [2.24, 2.45) is 11.8 Å². The number of carbonyl (C=O) groups excluding carboxylic acids is 1. The molecular weight excluding hydrogens is 202 g/mol. The molecule has 0 bridgehead atoms. The van der Waals surface area contributed by atoms with E-state index in [2.05, 4.69) is 27.7 Å². The highest BCUT2D eigenvalue weighted by Gasteiger charge is 2.32. The third-order valence-electron chi connectivity index (χ3n) is 3.78. The van der Waals surface area contributed by atoms with Crippen molar-refractivity contribution in [2.45, 2.75) is 60.1 Å². The first-order valence-electron chi connectivity index (χ1n) is 6.05. The van der Waals surface area contributed by atoms with Gasteiger partial charge in [-0.2, -0.15) is 0 Å². The smallest absolute Gasteiger partial charge is 0.410 e. The number of rotatable bonds is 4. The number of hydrogen-bond donors (Lipinski definition) is 0. The van der Waals surface area contributed by atoms with Gasteiger partial charge in [-0.15, -0.1) is 0 Å². The first-order valence-corrected chi connectivity index (χ1v) is 6.05. The van der Waals surface area contributed by atoms with Crippen molar-refractivity contribution in [3.05, 3.63) is 0 Å². The van der Waals surface area contributed by atoms with Crippen molar-refractivity contribution in [3.8, 4) is 0 Å². The molecule has 0 aromatic heterocycles. The molecule has 96 valence electrons. The lowest BCUT2D eigenvalue weighted by atomic mass is 9.89. The Labute approximate surface area is 100 Å². The van der Waals surface area contributed by atoms with Crippen LogP contribution in [0.1, 0.15) is 48.5 Å². The highest BCUT2D eigenvalue weighted by Crippen LogP contribution is 2.23. The van der Waals surface area contributed by atoms with Crippen molar-refractivity contribution in [1.82, 2.24) is 4.90 Å². The normalized spacial score (nSPS) is 14.1. The summed E-state index contributed by atoms with van der Waals surface area (Å²) >= 11 is 0. The van der Waals surface area contributed by atoms with E-state index in [4.69, 9.17) is 4.74 Å². The Hall–Kier alpha value is -0.730. The minimum Gasteiger partial charge on any atom is -0.446 e. The number of nitrogens with zero attached hydrogens (tertiary/aromatic N) is 1. The molecule has 0 aliphatic heterocycles. The summed E-state index contributed by atoms with van der Waals surface area (Å²) in [4.78, 5) is 13.6. The summed E-state index contributed by atoms with van der Waals surface area (Å²) in [5.74, 6) is 0.735. The molecule has 0 aromatic carbocycles. The Bertz CT molecular complexity index is 234. The molecule has 0 fully saturated rings. The van der Waals surface area contributed by atoms with Gasteiger partial charge >= 0.3 is 6.09 Å². The van der Waals surface area contributed by atoms with Crippen LogP contribution in [0.5, 0.6) is 0 Å². The average molecular weight is 229 g/mol. The van der Waals surface area contributed by atoms with E-state index in [9.17, 15) is 4.79 Å². The second-order valence-corrected chi connectivity index (χ2v) is 5.70. The van der Waals surface area contributed by atoms with E-state index in [0.29, 0.717) is 11.8 Å². The van der Waals surface area contributed by atoms with Gasteiger partial charge in [-0.25, -0.2) is 4.79 Å². The van der Waals surface area contributed by atoms with E-state index >= 15 is 0 Å². The Morgan fingerprint density at radius 2 is 1.56 bits per heavy atom. The molecule has 0 rings (SSSR count). The van der Waals surface area contributed by atoms with Crippen LogP contribution in [0.2, 0.25) is 0 Å². The number of hydrogen-bond acceptors (Lipinski definition) is 2. The monoisotopic (exact) mass is 229 g/mol. The summed E-state index contributed by atoms with van der Waals surface area (Å²) in [7, 11) is 1.80. The molecule has 1 unspecified atom stereocenters. The van der Waals surface area contributed by atoms with Crippen LogP contribution >= 0.6 is 0 Å².